The number of nitrogens with one attached hydrogen (secondary N) is 2. The zero-order chi connectivity index (χ0) is 15.9. The molecule has 22 heavy (non-hydrogen) atoms. The predicted octanol–water partition coefficient (Wildman–Crippen LogP) is 2.16. The third-order valence-electron chi connectivity index (χ3n) is 4.07. The van der Waals surface area contributed by atoms with E-state index >= 15 is 0 Å². The molecule has 1 aromatic rings. The predicted molar refractivity (Wildman–Crippen MR) is 94.6 cm³/mol. The highest BCUT2D eigenvalue weighted by Crippen LogP contribution is 2.17. The number of hydrogen-bond acceptors (Lipinski definition) is 4. The molecule has 1 saturated heterocycles. The van der Waals surface area contributed by atoms with Crippen LogP contribution in [0.3, 0.4) is 0 Å². The molecule has 0 aromatic carbocycles. The first kappa shape index (κ1) is 17.2. The Morgan fingerprint density at radius 3 is 2.86 bits per heavy atom. The number of aromatic nitrogens is 1. The number of hydrogen-bond donors (Lipinski definition) is 2. The molecule has 1 aliphatic rings. The van der Waals surface area contributed by atoms with Crippen LogP contribution in [-0.2, 0) is 6.54 Å². The summed E-state index contributed by atoms with van der Waals surface area (Å²) in [7, 11) is 2.21. The van der Waals surface area contributed by atoms with E-state index in [9.17, 15) is 0 Å². The molecule has 6 heteroatoms. The molecule has 0 bridgehead atoms. The molecule has 2 rings (SSSR count). The number of aryl methyl sites for hydroxylation is 2. The molecule has 1 fully saturated rings. The van der Waals surface area contributed by atoms with Crippen molar-refractivity contribution in [2.75, 3.05) is 33.2 Å². The zero-order valence-corrected chi connectivity index (χ0v) is 15.1. The maximum Gasteiger partial charge on any atom is 0.191 e. The van der Waals surface area contributed by atoms with E-state index in [-0.39, 0.29) is 0 Å². The SMILES string of the molecule is CCNC(=NCc1nc(C)c(C)s1)NCC1CCCN(C)C1. The fourth-order valence-electron chi connectivity index (χ4n) is 2.78. The molecule has 124 valence electrons. The summed E-state index contributed by atoms with van der Waals surface area (Å²) in [6, 6.07) is 0. The maximum atomic E-state index is 4.67. The Balaban J connectivity index is 1.86. The number of piperidine rings is 1. The van der Waals surface area contributed by atoms with E-state index in [4.69, 9.17) is 0 Å². The van der Waals surface area contributed by atoms with Crippen molar-refractivity contribution >= 4 is 17.3 Å². The smallest absolute Gasteiger partial charge is 0.191 e. The van der Waals surface area contributed by atoms with Crippen LogP contribution in [0.5, 0.6) is 0 Å². The minimum Gasteiger partial charge on any atom is -0.357 e. The van der Waals surface area contributed by atoms with Crippen LogP contribution < -0.4 is 10.6 Å². The highest BCUT2D eigenvalue weighted by atomic mass is 32.1. The van der Waals surface area contributed by atoms with Gasteiger partial charge in [-0.05, 0) is 53.1 Å². The van der Waals surface area contributed by atoms with Gasteiger partial charge in [0.05, 0.1) is 12.2 Å². The largest absolute Gasteiger partial charge is 0.357 e. The molecule has 1 atom stereocenters. The van der Waals surface area contributed by atoms with Gasteiger partial charge in [0.2, 0.25) is 0 Å². The van der Waals surface area contributed by atoms with Crippen molar-refractivity contribution in [3.8, 4) is 0 Å². The maximum absolute atomic E-state index is 4.67. The van der Waals surface area contributed by atoms with Gasteiger partial charge in [-0.3, -0.25) is 0 Å². The summed E-state index contributed by atoms with van der Waals surface area (Å²) in [4.78, 5) is 12.9. The van der Waals surface area contributed by atoms with Gasteiger partial charge in [-0.2, -0.15) is 0 Å². The molecule has 2 N–H and O–H groups in total. The Hall–Kier alpha value is -1.14. The topological polar surface area (TPSA) is 52.6 Å². The molecule has 2 heterocycles. The monoisotopic (exact) mass is 323 g/mol. The van der Waals surface area contributed by atoms with Crippen LogP contribution in [0.4, 0.5) is 0 Å². The summed E-state index contributed by atoms with van der Waals surface area (Å²) >= 11 is 1.74. The van der Waals surface area contributed by atoms with Gasteiger partial charge in [-0.15, -0.1) is 11.3 Å². The van der Waals surface area contributed by atoms with E-state index in [2.05, 4.69) is 53.3 Å². The summed E-state index contributed by atoms with van der Waals surface area (Å²) in [5.41, 5.74) is 1.12. The number of nitrogens with zero attached hydrogens (tertiary/aromatic N) is 3. The summed E-state index contributed by atoms with van der Waals surface area (Å²) < 4.78 is 0. The summed E-state index contributed by atoms with van der Waals surface area (Å²) in [5.74, 6) is 1.62. The van der Waals surface area contributed by atoms with E-state index in [0.717, 1.165) is 29.8 Å². The summed E-state index contributed by atoms with van der Waals surface area (Å²) in [6.45, 7) is 11.2. The average Bonchev–Trinajstić information content (AvgIpc) is 2.81. The van der Waals surface area contributed by atoms with Crippen LogP contribution in [0.1, 0.15) is 35.3 Å². The van der Waals surface area contributed by atoms with Gasteiger partial charge < -0.3 is 15.5 Å². The Labute approximate surface area is 138 Å². The molecule has 0 spiro atoms. The molecule has 0 radical (unpaired) electrons. The zero-order valence-electron chi connectivity index (χ0n) is 14.3. The molecule has 0 aliphatic carbocycles. The third-order valence-corrected chi connectivity index (χ3v) is 5.13. The first-order valence-electron chi connectivity index (χ1n) is 8.22. The molecule has 1 unspecified atom stereocenters. The standard InChI is InChI=1S/C16H29N5S/c1-5-17-16(18-9-14-7-6-8-21(4)11-14)19-10-15-20-12(2)13(3)22-15/h14H,5-11H2,1-4H3,(H2,17,18,19). The second-order valence-electron chi connectivity index (χ2n) is 6.10. The third kappa shape index (κ3) is 5.25. The van der Waals surface area contributed by atoms with E-state index in [1.165, 1.54) is 30.8 Å². The second kappa shape index (κ2) is 8.48. The molecule has 5 nitrogen and oxygen atoms in total. The highest BCUT2D eigenvalue weighted by Gasteiger charge is 2.17. The quantitative estimate of drug-likeness (QED) is 0.644. The van der Waals surface area contributed by atoms with Crippen LogP contribution in [0.2, 0.25) is 0 Å². The van der Waals surface area contributed by atoms with Crippen LogP contribution in [0.25, 0.3) is 0 Å². The fraction of sp³-hybridized carbons (Fsp3) is 0.750. The fourth-order valence-corrected chi connectivity index (χ4v) is 3.63. The minimum atomic E-state index is 0.652. The van der Waals surface area contributed by atoms with E-state index in [1.54, 1.807) is 11.3 Å². The van der Waals surface area contributed by atoms with Crippen molar-refractivity contribution < 1.29 is 0 Å². The molecule has 1 aromatic heterocycles. The Morgan fingerprint density at radius 1 is 1.41 bits per heavy atom. The van der Waals surface area contributed by atoms with Gasteiger partial charge in [0.25, 0.3) is 0 Å². The lowest BCUT2D eigenvalue weighted by molar-refractivity contribution is 0.210. The molecule has 0 amide bonds. The lowest BCUT2D eigenvalue weighted by atomic mass is 9.99. The van der Waals surface area contributed by atoms with E-state index in [1.807, 2.05) is 0 Å². The Bertz CT molecular complexity index is 477. The Kier molecular flexibility index (Phi) is 6.64. The van der Waals surface area contributed by atoms with Crippen molar-refractivity contribution in [3.05, 3.63) is 15.6 Å². The van der Waals surface area contributed by atoms with Gasteiger partial charge in [0.15, 0.2) is 5.96 Å². The first-order valence-corrected chi connectivity index (χ1v) is 9.03. The Morgan fingerprint density at radius 2 is 2.23 bits per heavy atom. The number of aliphatic imine (C=N–C) groups is 1. The van der Waals surface area contributed by atoms with Gasteiger partial charge in [-0.25, -0.2) is 9.98 Å². The van der Waals surface area contributed by atoms with E-state index < -0.39 is 0 Å². The normalized spacial score (nSPS) is 20.2. The lowest BCUT2D eigenvalue weighted by Gasteiger charge is -2.30. The molecular weight excluding hydrogens is 294 g/mol. The molecular formula is C16H29N5S. The molecule has 0 saturated carbocycles. The van der Waals surface area contributed by atoms with Gasteiger partial charge in [-0.1, -0.05) is 0 Å². The summed E-state index contributed by atoms with van der Waals surface area (Å²) in [5, 5.41) is 7.91. The number of thiazole rings is 1. The van der Waals surface area contributed by atoms with Gasteiger partial charge >= 0.3 is 0 Å². The van der Waals surface area contributed by atoms with Crippen molar-refractivity contribution in [1.29, 1.82) is 0 Å². The summed E-state index contributed by atoms with van der Waals surface area (Å²) in [6.07, 6.45) is 2.61. The number of rotatable bonds is 5. The minimum absolute atomic E-state index is 0.652. The van der Waals surface area contributed by atoms with Crippen LogP contribution in [0.15, 0.2) is 4.99 Å². The first-order chi connectivity index (χ1) is 10.6. The average molecular weight is 324 g/mol. The highest BCUT2D eigenvalue weighted by molar-refractivity contribution is 7.11. The van der Waals surface area contributed by atoms with Crippen molar-refractivity contribution in [2.24, 2.45) is 10.9 Å². The van der Waals surface area contributed by atoms with Crippen LogP contribution in [-0.4, -0.2) is 49.1 Å². The van der Waals surface area contributed by atoms with Gasteiger partial charge in [0, 0.05) is 24.5 Å². The van der Waals surface area contributed by atoms with E-state index in [0.29, 0.717) is 12.5 Å². The van der Waals surface area contributed by atoms with Crippen LogP contribution in [0, 0.1) is 19.8 Å². The lowest BCUT2D eigenvalue weighted by Crippen LogP contribution is -2.43. The number of guanidine groups is 1. The second-order valence-corrected chi connectivity index (χ2v) is 7.38. The van der Waals surface area contributed by atoms with Crippen molar-refractivity contribution in [3.63, 3.8) is 0 Å². The van der Waals surface area contributed by atoms with Crippen LogP contribution >= 0.6 is 11.3 Å². The van der Waals surface area contributed by atoms with Gasteiger partial charge in [0.1, 0.15) is 5.01 Å². The molecule has 1 aliphatic heterocycles. The van der Waals surface area contributed by atoms with Crippen molar-refractivity contribution in [1.82, 2.24) is 20.5 Å². The number of likely N-dealkylation sites (tertiary alicyclic amines) is 1. The van der Waals surface area contributed by atoms with Crippen molar-refractivity contribution in [2.45, 2.75) is 40.2 Å².